The normalized spacial score (nSPS) is 16.5. The van der Waals surface area contributed by atoms with Crippen molar-refractivity contribution in [2.24, 2.45) is 11.8 Å². The van der Waals surface area contributed by atoms with Crippen LogP contribution < -0.4 is 10.6 Å². The van der Waals surface area contributed by atoms with Crippen LogP contribution in [-0.2, 0) is 4.79 Å². The minimum atomic E-state index is 0. The molecule has 2 aromatic rings. The lowest BCUT2D eigenvalue weighted by molar-refractivity contribution is -0.121. The average molecular weight is 298 g/mol. The molecular formula is C13H16ClN3OS. The van der Waals surface area contributed by atoms with Crippen molar-refractivity contribution in [1.82, 2.24) is 10.3 Å². The summed E-state index contributed by atoms with van der Waals surface area (Å²) >= 11 is 1.59. The third-order valence-corrected chi connectivity index (χ3v) is 4.32. The van der Waals surface area contributed by atoms with E-state index in [0.717, 1.165) is 29.0 Å². The molecule has 1 fully saturated rings. The highest BCUT2D eigenvalue weighted by Crippen LogP contribution is 2.23. The molecule has 102 valence electrons. The number of thiazole rings is 1. The Morgan fingerprint density at radius 3 is 3.00 bits per heavy atom. The van der Waals surface area contributed by atoms with E-state index in [1.807, 2.05) is 30.6 Å². The second-order valence-electron chi connectivity index (χ2n) is 4.73. The van der Waals surface area contributed by atoms with E-state index >= 15 is 0 Å². The molecule has 1 aliphatic heterocycles. The molecule has 0 aliphatic carbocycles. The molecule has 1 unspecified atom stereocenters. The van der Waals surface area contributed by atoms with Crippen LogP contribution in [0.4, 0.5) is 5.69 Å². The van der Waals surface area contributed by atoms with E-state index < -0.39 is 0 Å². The molecule has 0 radical (unpaired) electrons. The molecular weight excluding hydrogens is 282 g/mol. The van der Waals surface area contributed by atoms with Gasteiger partial charge in [-0.05, 0) is 37.2 Å². The van der Waals surface area contributed by atoms with Gasteiger partial charge < -0.3 is 10.6 Å². The highest BCUT2D eigenvalue weighted by atomic mass is 35.5. The van der Waals surface area contributed by atoms with Crippen molar-refractivity contribution in [2.45, 2.75) is 6.92 Å². The summed E-state index contributed by atoms with van der Waals surface area (Å²) in [6, 6.07) is 5.83. The van der Waals surface area contributed by atoms with Crippen LogP contribution in [-0.4, -0.2) is 24.0 Å². The predicted molar refractivity (Wildman–Crippen MR) is 81.0 cm³/mol. The molecule has 1 aliphatic rings. The van der Waals surface area contributed by atoms with Gasteiger partial charge in [0.05, 0.1) is 15.7 Å². The number of carbonyl (C=O) groups is 1. The highest BCUT2D eigenvalue weighted by Gasteiger charge is 2.28. The third kappa shape index (κ3) is 2.88. The Labute approximate surface area is 122 Å². The maximum Gasteiger partial charge on any atom is 0.227 e. The van der Waals surface area contributed by atoms with Crippen molar-refractivity contribution < 1.29 is 4.79 Å². The number of hydrogen-bond donors (Lipinski definition) is 2. The number of benzene rings is 1. The number of amides is 1. The van der Waals surface area contributed by atoms with Crippen LogP contribution in [0.5, 0.6) is 0 Å². The zero-order chi connectivity index (χ0) is 12.5. The standard InChI is InChI=1S/C13H15N3OS.ClH/c1-8(9-5-14-6-9)13(17)16-10-2-3-11-12(4-10)18-7-15-11;/h2-4,7-9,14H,5-6H2,1H3,(H,16,17);1H. The SMILES string of the molecule is CC(C(=O)Nc1ccc2ncsc2c1)C1CNC1.Cl. The molecule has 0 saturated carbocycles. The number of nitrogens with zero attached hydrogens (tertiary/aromatic N) is 1. The zero-order valence-corrected chi connectivity index (χ0v) is 12.2. The highest BCUT2D eigenvalue weighted by molar-refractivity contribution is 7.16. The molecule has 1 saturated heterocycles. The predicted octanol–water partition coefficient (Wildman–Crippen LogP) is 2.51. The van der Waals surface area contributed by atoms with Crippen molar-refractivity contribution >= 4 is 45.6 Å². The van der Waals surface area contributed by atoms with Gasteiger partial charge in [-0.3, -0.25) is 4.79 Å². The van der Waals surface area contributed by atoms with Crippen LogP contribution in [0.1, 0.15) is 6.92 Å². The fourth-order valence-corrected chi connectivity index (χ4v) is 2.78. The van der Waals surface area contributed by atoms with Crippen LogP contribution in [0, 0.1) is 11.8 Å². The number of halogens is 1. The first-order valence-electron chi connectivity index (χ1n) is 6.09. The lowest BCUT2D eigenvalue weighted by Gasteiger charge is -2.31. The molecule has 0 spiro atoms. The van der Waals surface area contributed by atoms with E-state index in [9.17, 15) is 4.79 Å². The fraction of sp³-hybridized carbons (Fsp3) is 0.385. The van der Waals surface area contributed by atoms with Gasteiger partial charge in [0.2, 0.25) is 5.91 Å². The molecule has 3 rings (SSSR count). The number of nitrogens with one attached hydrogen (secondary N) is 2. The largest absolute Gasteiger partial charge is 0.326 e. The van der Waals surface area contributed by atoms with Crippen molar-refractivity contribution in [3.63, 3.8) is 0 Å². The second kappa shape index (κ2) is 5.86. The number of fused-ring (bicyclic) bond motifs is 1. The van der Waals surface area contributed by atoms with E-state index in [-0.39, 0.29) is 24.2 Å². The first-order chi connectivity index (χ1) is 8.74. The van der Waals surface area contributed by atoms with Gasteiger partial charge in [0.15, 0.2) is 0 Å². The summed E-state index contributed by atoms with van der Waals surface area (Å²) < 4.78 is 1.10. The number of hydrogen-bond acceptors (Lipinski definition) is 4. The Bertz CT molecular complexity index is 582. The van der Waals surface area contributed by atoms with E-state index in [1.165, 1.54) is 0 Å². The summed E-state index contributed by atoms with van der Waals surface area (Å²) in [7, 11) is 0. The summed E-state index contributed by atoms with van der Waals surface area (Å²) in [6.07, 6.45) is 0. The van der Waals surface area contributed by atoms with Crippen molar-refractivity contribution in [3.8, 4) is 0 Å². The monoisotopic (exact) mass is 297 g/mol. The maximum absolute atomic E-state index is 12.1. The first-order valence-corrected chi connectivity index (χ1v) is 6.97. The van der Waals surface area contributed by atoms with Crippen molar-refractivity contribution in [2.75, 3.05) is 18.4 Å². The summed E-state index contributed by atoms with van der Waals surface area (Å²) in [6.45, 7) is 3.89. The van der Waals surface area contributed by atoms with Gasteiger partial charge >= 0.3 is 0 Å². The average Bonchev–Trinajstić information content (AvgIpc) is 2.73. The van der Waals surface area contributed by atoms with Crippen molar-refractivity contribution in [1.29, 1.82) is 0 Å². The van der Waals surface area contributed by atoms with Crippen LogP contribution >= 0.6 is 23.7 Å². The Kier molecular flexibility index (Phi) is 4.39. The minimum absolute atomic E-state index is 0. The Morgan fingerprint density at radius 2 is 2.32 bits per heavy atom. The van der Waals surface area contributed by atoms with Crippen molar-refractivity contribution in [3.05, 3.63) is 23.7 Å². The van der Waals surface area contributed by atoms with E-state index in [1.54, 1.807) is 11.3 Å². The Balaban J connectivity index is 0.00000133. The van der Waals surface area contributed by atoms with Crippen LogP contribution in [0.3, 0.4) is 0 Å². The van der Waals surface area contributed by atoms with Gasteiger partial charge in [0.25, 0.3) is 0 Å². The van der Waals surface area contributed by atoms with Gasteiger partial charge in [0, 0.05) is 11.6 Å². The third-order valence-electron chi connectivity index (χ3n) is 3.53. The topological polar surface area (TPSA) is 54.0 Å². The molecule has 1 aromatic carbocycles. The second-order valence-corrected chi connectivity index (χ2v) is 5.62. The van der Waals surface area contributed by atoms with Crippen LogP contribution in [0.25, 0.3) is 10.2 Å². The molecule has 6 heteroatoms. The summed E-state index contributed by atoms with van der Waals surface area (Å²) in [5.41, 5.74) is 3.66. The van der Waals surface area contributed by atoms with Crippen LogP contribution in [0.2, 0.25) is 0 Å². The molecule has 1 amide bonds. The molecule has 19 heavy (non-hydrogen) atoms. The van der Waals surface area contributed by atoms with E-state index in [4.69, 9.17) is 0 Å². The lowest BCUT2D eigenvalue weighted by atomic mass is 9.88. The number of carbonyl (C=O) groups excluding carboxylic acids is 1. The molecule has 2 N–H and O–H groups in total. The quantitative estimate of drug-likeness (QED) is 0.915. The number of rotatable bonds is 3. The van der Waals surface area contributed by atoms with E-state index in [0.29, 0.717) is 5.92 Å². The van der Waals surface area contributed by atoms with Crippen LogP contribution in [0.15, 0.2) is 23.7 Å². The minimum Gasteiger partial charge on any atom is -0.326 e. The van der Waals surface area contributed by atoms with Gasteiger partial charge in [-0.15, -0.1) is 23.7 Å². The van der Waals surface area contributed by atoms with Gasteiger partial charge in [-0.2, -0.15) is 0 Å². The molecule has 0 bridgehead atoms. The Morgan fingerprint density at radius 1 is 1.53 bits per heavy atom. The first kappa shape index (κ1) is 14.2. The summed E-state index contributed by atoms with van der Waals surface area (Å²) in [4.78, 5) is 16.3. The van der Waals surface area contributed by atoms with Gasteiger partial charge in [0.1, 0.15) is 0 Å². The van der Waals surface area contributed by atoms with Gasteiger partial charge in [-0.25, -0.2) is 4.98 Å². The molecule has 1 atom stereocenters. The fourth-order valence-electron chi connectivity index (χ4n) is 2.07. The molecule has 1 aromatic heterocycles. The number of aromatic nitrogens is 1. The smallest absolute Gasteiger partial charge is 0.227 e. The molecule has 2 heterocycles. The number of anilines is 1. The summed E-state index contributed by atoms with van der Waals surface area (Å²) in [5, 5.41) is 6.18. The van der Waals surface area contributed by atoms with Gasteiger partial charge in [-0.1, -0.05) is 6.92 Å². The Hall–Kier alpha value is -1.17. The molecule has 4 nitrogen and oxygen atoms in total. The zero-order valence-electron chi connectivity index (χ0n) is 10.6. The summed E-state index contributed by atoms with van der Waals surface area (Å²) in [5.74, 6) is 0.630. The van der Waals surface area contributed by atoms with E-state index in [2.05, 4.69) is 15.6 Å². The maximum atomic E-state index is 12.1. The lowest BCUT2D eigenvalue weighted by Crippen LogP contribution is -2.48.